The SMILES string of the molecule is CC(CO)(CO)COCCC(=O)[O-]. The highest BCUT2D eigenvalue weighted by Crippen LogP contribution is 2.14. The van der Waals surface area contributed by atoms with E-state index in [0.29, 0.717) is 0 Å². The second kappa shape index (κ2) is 5.90. The van der Waals surface area contributed by atoms with E-state index in [1.165, 1.54) is 0 Å². The first-order valence-corrected chi connectivity index (χ1v) is 4.03. The number of aliphatic hydroxyl groups excluding tert-OH is 2. The molecule has 0 heterocycles. The van der Waals surface area contributed by atoms with Crippen LogP contribution in [0.1, 0.15) is 13.3 Å². The number of carbonyl (C=O) groups is 1. The van der Waals surface area contributed by atoms with E-state index in [1.54, 1.807) is 6.92 Å². The lowest BCUT2D eigenvalue weighted by Crippen LogP contribution is -2.32. The Morgan fingerprint density at radius 2 is 2.00 bits per heavy atom. The number of hydrogen-bond acceptors (Lipinski definition) is 5. The number of aliphatic carboxylic acids is 1. The van der Waals surface area contributed by atoms with Gasteiger partial charge in [0, 0.05) is 17.8 Å². The van der Waals surface area contributed by atoms with Crippen LogP contribution in [0.2, 0.25) is 0 Å². The fraction of sp³-hybridized carbons (Fsp3) is 0.875. The van der Waals surface area contributed by atoms with E-state index >= 15 is 0 Å². The lowest BCUT2D eigenvalue weighted by Gasteiger charge is -2.24. The summed E-state index contributed by atoms with van der Waals surface area (Å²) in [6.07, 6.45) is -0.174. The van der Waals surface area contributed by atoms with Crippen molar-refractivity contribution in [3.05, 3.63) is 0 Å². The maximum atomic E-state index is 9.97. The average molecular weight is 191 g/mol. The highest BCUT2D eigenvalue weighted by Gasteiger charge is 2.22. The molecule has 0 aliphatic heterocycles. The van der Waals surface area contributed by atoms with Crippen LogP contribution in [0.25, 0.3) is 0 Å². The predicted octanol–water partition coefficient (Wildman–Crippen LogP) is -1.87. The van der Waals surface area contributed by atoms with Crippen molar-refractivity contribution < 1.29 is 24.9 Å². The average Bonchev–Trinajstić information content (AvgIpc) is 2.12. The number of aliphatic hydroxyl groups is 2. The van der Waals surface area contributed by atoms with Crippen molar-refractivity contribution in [2.45, 2.75) is 13.3 Å². The molecule has 0 aromatic carbocycles. The lowest BCUT2D eigenvalue weighted by atomic mass is 9.95. The van der Waals surface area contributed by atoms with Gasteiger partial charge in [0.25, 0.3) is 0 Å². The van der Waals surface area contributed by atoms with Gasteiger partial charge in [0.2, 0.25) is 0 Å². The van der Waals surface area contributed by atoms with Crippen LogP contribution in [0.15, 0.2) is 0 Å². The molecule has 2 N–H and O–H groups in total. The smallest absolute Gasteiger partial charge is 0.0564 e. The van der Waals surface area contributed by atoms with Gasteiger partial charge >= 0.3 is 0 Å². The first kappa shape index (κ1) is 12.3. The van der Waals surface area contributed by atoms with Gasteiger partial charge in [-0.05, 0) is 0 Å². The molecule has 0 aromatic heterocycles. The topological polar surface area (TPSA) is 89.8 Å². The van der Waals surface area contributed by atoms with Crippen molar-refractivity contribution in [3.63, 3.8) is 0 Å². The first-order chi connectivity index (χ1) is 6.04. The lowest BCUT2D eigenvalue weighted by molar-refractivity contribution is -0.306. The maximum absolute atomic E-state index is 9.97. The van der Waals surface area contributed by atoms with Gasteiger partial charge in [-0.15, -0.1) is 0 Å². The van der Waals surface area contributed by atoms with E-state index in [9.17, 15) is 9.90 Å². The molecule has 5 nitrogen and oxygen atoms in total. The molecule has 0 radical (unpaired) electrons. The predicted molar refractivity (Wildman–Crippen MR) is 42.7 cm³/mol. The van der Waals surface area contributed by atoms with Crippen LogP contribution in [0.4, 0.5) is 0 Å². The van der Waals surface area contributed by atoms with Crippen molar-refractivity contribution in [1.29, 1.82) is 0 Å². The quantitative estimate of drug-likeness (QED) is 0.460. The van der Waals surface area contributed by atoms with Crippen LogP contribution >= 0.6 is 0 Å². The fourth-order valence-corrected chi connectivity index (χ4v) is 0.615. The Bertz CT molecular complexity index is 153. The molecule has 0 aliphatic carbocycles. The third-order valence-corrected chi connectivity index (χ3v) is 1.66. The largest absolute Gasteiger partial charge is 0.550 e. The van der Waals surface area contributed by atoms with Gasteiger partial charge in [-0.2, -0.15) is 0 Å². The van der Waals surface area contributed by atoms with Crippen LogP contribution in [0.5, 0.6) is 0 Å². The van der Waals surface area contributed by atoms with Crippen LogP contribution < -0.4 is 5.11 Å². The monoisotopic (exact) mass is 191 g/mol. The van der Waals surface area contributed by atoms with Gasteiger partial charge in [0.15, 0.2) is 0 Å². The van der Waals surface area contributed by atoms with Crippen molar-refractivity contribution in [3.8, 4) is 0 Å². The number of hydrogen-bond donors (Lipinski definition) is 2. The standard InChI is InChI=1S/C8H16O5/c1-8(4-9,5-10)6-13-3-2-7(11)12/h9-10H,2-6H2,1H3,(H,11,12)/p-1. The van der Waals surface area contributed by atoms with E-state index in [1.807, 2.05) is 0 Å². The van der Waals surface area contributed by atoms with Gasteiger partial charge in [-0.25, -0.2) is 0 Å². The molecule has 0 aromatic rings. The molecule has 0 aliphatic rings. The van der Waals surface area contributed by atoms with E-state index in [-0.39, 0.29) is 32.8 Å². The van der Waals surface area contributed by atoms with Crippen LogP contribution in [0.3, 0.4) is 0 Å². The molecule has 0 unspecified atom stereocenters. The van der Waals surface area contributed by atoms with Crippen molar-refractivity contribution >= 4 is 5.97 Å². The second-order valence-corrected chi connectivity index (χ2v) is 3.30. The molecule has 0 rings (SSSR count). The Morgan fingerprint density at radius 3 is 2.38 bits per heavy atom. The van der Waals surface area contributed by atoms with Crippen LogP contribution in [-0.4, -0.2) is 42.6 Å². The van der Waals surface area contributed by atoms with Gasteiger partial charge in [-0.3, -0.25) is 0 Å². The molecular weight excluding hydrogens is 176 g/mol. The number of carboxylic acids is 1. The highest BCUT2D eigenvalue weighted by atomic mass is 16.5. The highest BCUT2D eigenvalue weighted by molar-refractivity contribution is 5.64. The molecular formula is C8H15O5-. The molecule has 0 spiro atoms. The van der Waals surface area contributed by atoms with E-state index in [0.717, 1.165) is 0 Å². The molecule has 0 amide bonds. The van der Waals surface area contributed by atoms with Crippen LogP contribution in [0, 0.1) is 5.41 Å². The second-order valence-electron chi connectivity index (χ2n) is 3.30. The van der Waals surface area contributed by atoms with Crippen molar-refractivity contribution in [2.75, 3.05) is 26.4 Å². The summed E-state index contributed by atoms with van der Waals surface area (Å²) >= 11 is 0. The summed E-state index contributed by atoms with van der Waals surface area (Å²) in [6, 6.07) is 0. The summed E-state index contributed by atoms with van der Waals surface area (Å²) in [5.41, 5.74) is -0.702. The number of ether oxygens (including phenoxy) is 1. The minimum absolute atomic E-state index is 0.0396. The fourth-order valence-electron chi connectivity index (χ4n) is 0.615. The number of carbonyl (C=O) groups excluding carboxylic acids is 1. The molecule has 0 fully saturated rings. The molecule has 0 saturated carbocycles. The van der Waals surface area contributed by atoms with E-state index in [4.69, 9.17) is 14.9 Å². The Balaban J connectivity index is 3.55. The number of carboxylic acid groups (broad SMARTS) is 1. The van der Waals surface area contributed by atoms with E-state index in [2.05, 4.69) is 0 Å². The summed E-state index contributed by atoms with van der Waals surface area (Å²) in [6.45, 7) is 1.42. The van der Waals surface area contributed by atoms with Crippen LogP contribution in [-0.2, 0) is 9.53 Å². The van der Waals surface area contributed by atoms with Crippen molar-refractivity contribution in [1.82, 2.24) is 0 Å². The molecule has 0 bridgehead atoms. The normalized spacial score (nSPS) is 11.6. The maximum Gasteiger partial charge on any atom is 0.0564 e. The summed E-state index contributed by atoms with van der Waals surface area (Å²) in [5, 5.41) is 27.6. The summed E-state index contributed by atoms with van der Waals surface area (Å²) in [4.78, 5) is 9.97. The molecule has 0 atom stereocenters. The Hall–Kier alpha value is -0.650. The zero-order chi connectivity index (χ0) is 10.3. The van der Waals surface area contributed by atoms with Gasteiger partial charge < -0.3 is 24.9 Å². The minimum Gasteiger partial charge on any atom is -0.550 e. The Labute approximate surface area is 77.0 Å². The Kier molecular flexibility index (Phi) is 5.61. The first-order valence-electron chi connectivity index (χ1n) is 4.03. The van der Waals surface area contributed by atoms with Gasteiger partial charge in [0.05, 0.1) is 26.4 Å². The van der Waals surface area contributed by atoms with Gasteiger partial charge in [-0.1, -0.05) is 6.92 Å². The zero-order valence-electron chi connectivity index (χ0n) is 7.65. The summed E-state index contributed by atoms with van der Waals surface area (Å²) in [7, 11) is 0. The van der Waals surface area contributed by atoms with Gasteiger partial charge in [0.1, 0.15) is 0 Å². The Morgan fingerprint density at radius 1 is 1.46 bits per heavy atom. The van der Waals surface area contributed by atoms with E-state index < -0.39 is 11.4 Å². The summed E-state index contributed by atoms with van der Waals surface area (Å²) in [5.74, 6) is -1.17. The zero-order valence-corrected chi connectivity index (χ0v) is 7.65. The summed E-state index contributed by atoms with van der Waals surface area (Å²) < 4.78 is 4.95. The minimum atomic E-state index is -1.17. The third kappa shape index (κ3) is 5.57. The molecule has 13 heavy (non-hydrogen) atoms. The third-order valence-electron chi connectivity index (χ3n) is 1.66. The molecule has 5 heteroatoms. The molecule has 0 saturated heterocycles. The van der Waals surface area contributed by atoms with Crippen molar-refractivity contribution in [2.24, 2.45) is 5.41 Å². The number of rotatable bonds is 7. The molecule has 78 valence electrons.